The molecule has 0 bridgehead atoms. The van der Waals surface area contributed by atoms with E-state index in [2.05, 4.69) is 20.8 Å². The average Bonchev–Trinajstić information content (AvgIpc) is 2.97. The molecule has 0 unspecified atom stereocenters. The van der Waals surface area contributed by atoms with E-state index in [0.717, 1.165) is 11.3 Å². The molecular formula is C16H24N4O6S. The SMILES string of the molecule is CO/N=C(\COC(C)=O)c1csc(NC(=O)[C@H](C)NC(=O)OC(C)(C)C)n1. The van der Waals surface area contributed by atoms with E-state index in [4.69, 9.17) is 14.3 Å². The fourth-order valence-electron chi connectivity index (χ4n) is 1.65. The van der Waals surface area contributed by atoms with Crippen molar-refractivity contribution in [2.75, 3.05) is 19.0 Å². The van der Waals surface area contributed by atoms with Crippen LogP contribution in [0.2, 0.25) is 0 Å². The van der Waals surface area contributed by atoms with Crippen LogP contribution in [0.4, 0.5) is 9.93 Å². The van der Waals surface area contributed by atoms with Crippen molar-refractivity contribution in [2.45, 2.75) is 46.3 Å². The summed E-state index contributed by atoms with van der Waals surface area (Å²) in [5.74, 6) is -0.934. The Kier molecular flexibility index (Phi) is 8.16. The highest BCUT2D eigenvalue weighted by Gasteiger charge is 2.22. The van der Waals surface area contributed by atoms with Crippen LogP contribution in [0, 0.1) is 0 Å². The molecule has 1 aromatic rings. The summed E-state index contributed by atoms with van der Waals surface area (Å²) in [6.45, 7) is 7.86. The van der Waals surface area contributed by atoms with Crippen molar-refractivity contribution in [2.24, 2.45) is 5.16 Å². The van der Waals surface area contributed by atoms with Crippen LogP contribution in [0.25, 0.3) is 0 Å². The van der Waals surface area contributed by atoms with Crippen LogP contribution < -0.4 is 10.6 Å². The number of rotatable bonds is 7. The molecule has 10 nitrogen and oxygen atoms in total. The number of esters is 1. The lowest BCUT2D eigenvalue weighted by atomic mass is 10.2. The number of carbonyl (C=O) groups is 3. The number of alkyl carbamates (subject to hydrolysis) is 1. The Labute approximate surface area is 161 Å². The highest BCUT2D eigenvalue weighted by atomic mass is 32.1. The van der Waals surface area contributed by atoms with Gasteiger partial charge in [-0.2, -0.15) is 0 Å². The molecule has 0 aliphatic rings. The number of carbonyl (C=O) groups excluding carboxylic acids is 3. The maximum atomic E-state index is 12.2. The molecule has 1 atom stereocenters. The minimum atomic E-state index is -0.833. The van der Waals surface area contributed by atoms with Gasteiger partial charge in [0.1, 0.15) is 36.8 Å². The summed E-state index contributed by atoms with van der Waals surface area (Å²) in [5.41, 5.74) is 0.0271. The van der Waals surface area contributed by atoms with Crippen molar-refractivity contribution in [3.05, 3.63) is 11.1 Å². The summed E-state index contributed by atoms with van der Waals surface area (Å²) < 4.78 is 9.99. The van der Waals surface area contributed by atoms with Crippen molar-refractivity contribution in [3.63, 3.8) is 0 Å². The lowest BCUT2D eigenvalue weighted by Crippen LogP contribution is -2.43. The number of aromatic nitrogens is 1. The molecule has 0 radical (unpaired) electrons. The third kappa shape index (κ3) is 8.49. The third-order valence-corrected chi connectivity index (χ3v) is 3.53. The molecule has 1 aromatic heterocycles. The van der Waals surface area contributed by atoms with Gasteiger partial charge in [-0.3, -0.25) is 9.59 Å². The molecule has 1 heterocycles. The Morgan fingerprint density at radius 2 is 2.00 bits per heavy atom. The Bertz CT molecular complexity index is 710. The van der Waals surface area contributed by atoms with Gasteiger partial charge >= 0.3 is 12.1 Å². The number of amides is 2. The molecule has 0 saturated heterocycles. The zero-order valence-corrected chi connectivity index (χ0v) is 16.9. The van der Waals surface area contributed by atoms with E-state index in [1.807, 2.05) is 0 Å². The van der Waals surface area contributed by atoms with Crippen molar-refractivity contribution < 1.29 is 28.7 Å². The zero-order valence-electron chi connectivity index (χ0n) is 16.1. The largest absolute Gasteiger partial charge is 0.459 e. The molecule has 11 heteroatoms. The second-order valence-electron chi connectivity index (χ2n) is 6.40. The molecule has 1 rings (SSSR count). The van der Waals surface area contributed by atoms with Crippen molar-refractivity contribution in [1.29, 1.82) is 0 Å². The number of oxime groups is 1. The van der Waals surface area contributed by atoms with Gasteiger partial charge < -0.3 is 24.9 Å². The van der Waals surface area contributed by atoms with Gasteiger partial charge in [0.05, 0.1) is 0 Å². The van der Waals surface area contributed by atoms with E-state index in [1.165, 1.54) is 21.0 Å². The van der Waals surface area contributed by atoms with Gasteiger partial charge in [-0.05, 0) is 27.7 Å². The third-order valence-electron chi connectivity index (χ3n) is 2.77. The topological polar surface area (TPSA) is 128 Å². The van der Waals surface area contributed by atoms with Gasteiger partial charge in [-0.1, -0.05) is 5.16 Å². The summed E-state index contributed by atoms with van der Waals surface area (Å²) in [6.07, 6.45) is -0.694. The van der Waals surface area contributed by atoms with Gasteiger partial charge in [0, 0.05) is 12.3 Å². The van der Waals surface area contributed by atoms with Crippen LogP contribution in [0.1, 0.15) is 40.3 Å². The fraction of sp³-hybridized carbons (Fsp3) is 0.562. The number of hydrogen-bond donors (Lipinski definition) is 2. The normalized spacial score (nSPS) is 12.7. The molecular weight excluding hydrogens is 376 g/mol. The van der Waals surface area contributed by atoms with Gasteiger partial charge in [0.2, 0.25) is 5.91 Å². The predicted molar refractivity (Wildman–Crippen MR) is 99.8 cm³/mol. The van der Waals surface area contributed by atoms with Crippen LogP contribution in [-0.2, 0) is 23.9 Å². The van der Waals surface area contributed by atoms with Crippen molar-refractivity contribution >= 4 is 40.1 Å². The number of nitrogens with one attached hydrogen (secondary N) is 2. The van der Waals surface area contributed by atoms with E-state index in [0.29, 0.717) is 16.5 Å². The lowest BCUT2D eigenvalue weighted by molar-refractivity contribution is -0.139. The second-order valence-corrected chi connectivity index (χ2v) is 7.25. The highest BCUT2D eigenvalue weighted by Crippen LogP contribution is 2.17. The molecule has 0 aliphatic heterocycles. The van der Waals surface area contributed by atoms with Gasteiger partial charge in [-0.25, -0.2) is 9.78 Å². The minimum Gasteiger partial charge on any atom is -0.459 e. The molecule has 2 N–H and O–H groups in total. The molecule has 2 amide bonds. The molecule has 0 saturated carbocycles. The molecule has 0 fully saturated rings. The first-order valence-corrected chi connectivity index (χ1v) is 8.89. The number of anilines is 1. The lowest BCUT2D eigenvalue weighted by Gasteiger charge is -2.21. The Hall–Kier alpha value is -2.69. The van der Waals surface area contributed by atoms with Crippen molar-refractivity contribution in [1.82, 2.24) is 10.3 Å². The number of nitrogens with zero attached hydrogens (tertiary/aromatic N) is 2. The summed E-state index contributed by atoms with van der Waals surface area (Å²) in [5, 5.41) is 10.7. The molecule has 0 aromatic carbocycles. The fourth-order valence-corrected chi connectivity index (χ4v) is 2.38. The first-order valence-electron chi connectivity index (χ1n) is 8.01. The Morgan fingerprint density at radius 1 is 1.33 bits per heavy atom. The van der Waals surface area contributed by atoms with Gasteiger partial charge in [-0.15, -0.1) is 11.3 Å². The van der Waals surface area contributed by atoms with Crippen LogP contribution in [0.5, 0.6) is 0 Å². The number of hydrogen-bond acceptors (Lipinski definition) is 9. The monoisotopic (exact) mass is 400 g/mol. The van der Waals surface area contributed by atoms with Crippen LogP contribution in [0.15, 0.2) is 10.5 Å². The van der Waals surface area contributed by atoms with Crippen LogP contribution in [-0.4, -0.2) is 54.0 Å². The molecule has 150 valence electrons. The predicted octanol–water partition coefficient (Wildman–Crippen LogP) is 1.91. The Balaban J connectivity index is 2.69. The van der Waals surface area contributed by atoms with E-state index >= 15 is 0 Å². The average molecular weight is 400 g/mol. The second kappa shape index (κ2) is 9.86. The Morgan fingerprint density at radius 3 is 2.56 bits per heavy atom. The first-order chi connectivity index (χ1) is 12.5. The molecule has 27 heavy (non-hydrogen) atoms. The standard InChI is InChI=1S/C16H24N4O6S/c1-9(17-15(23)26-16(3,4)5)13(22)19-14-18-12(8-27-14)11(20-24-6)7-25-10(2)21/h8-9H,7H2,1-6H3,(H,17,23)(H,18,19,22)/b20-11+/t9-/m0/s1. The molecule has 0 spiro atoms. The highest BCUT2D eigenvalue weighted by molar-refractivity contribution is 7.14. The molecule has 0 aliphatic carbocycles. The van der Waals surface area contributed by atoms with Crippen LogP contribution >= 0.6 is 11.3 Å². The zero-order chi connectivity index (χ0) is 20.6. The van der Waals surface area contributed by atoms with Gasteiger partial charge in [0.15, 0.2) is 5.13 Å². The summed E-state index contributed by atoms with van der Waals surface area (Å²) in [6, 6.07) is -0.833. The van der Waals surface area contributed by atoms with E-state index in [9.17, 15) is 14.4 Å². The quantitative estimate of drug-likeness (QED) is 0.406. The number of ether oxygens (including phenoxy) is 2. The maximum Gasteiger partial charge on any atom is 0.408 e. The number of thiazole rings is 1. The van der Waals surface area contributed by atoms with E-state index < -0.39 is 29.6 Å². The van der Waals surface area contributed by atoms with Crippen molar-refractivity contribution in [3.8, 4) is 0 Å². The minimum absolute atomic E-state index is 0.114. The summed E-state index contributed by atoms with van der Waals surface area (Å²) in [4.78, 5) is 43.8. The maximum absolute atomic E-state index is 12.2. The summed E-state index contributed by atoms with van der Waals surface area (Å²) >= 11 is 1.15. The van der Waals surface area contributed by atoms with Gasteiger partial charge in [0.25, 0.3) is 0 Å². The summed E-state index contributed by atoms with van der Waals surface area (Å²) in [7, 11) is 1.35. The van der Waals surface area contributed by atoms with E-state index in [-0.39, 0.29) is 6.61 Å². The van der Waals surface area contributed by atoms with E-state index in [1.54, 1.807) is 26.2 Å². The van der Waals surface area contributed by atoms with Crippen LogP contribution in [0.3, 0.4) is 0 Å². The smallest absolute Gasteiger partial charge is 0.408 e. The first kappa shape index (κ1) is 22.4.